The van der Waals surface area contributed by atoms with Crippen LogP contribution in [0.25, 0.3) is 0 Å². The Morgan fingerprint density at radius 2 is 1.75 bits per heavy atom. The Morgan fingerprint density at radius 1 is 1.17 bits per heavy atom. The molecule has 2 saturated heterocycles. The predicted octanol–water partition coefficient (Wildman–Crippen LogP) is -9.96. The van der Waals surface area contributed by atoms with Crippen LogP contribution >= 0.6 is 0 Å². The molecule has 7 N–H and O–H groups in total. The molecule has 2 aliphatic rings. The summed E-state index contributed by atoms with van der Waals surface area (Å²) in [5, 5.41) is 20.7. The van der Waals surface area contributed by atoms with E-state index < -0.39 is 12.2 Å². The van der Waals surface area contributed by atoms with Crippen LogP contribution in [0.5, 0.6) is 0 Å². The highest BCUT2D eigenvalue weighted by Gasteiger charge is 2.56. The lowest BCUT2D eigenvalue weighted by molar-refractivity contribution is -0.698. The van der Waals surface area contributed by atoms with Crippen LogP contribution in [0.4, 0.5) is 0 Å². The van der Waals surface area contributed by atoms with Crippen molar-refractivity contribution in [1.82, 2.24) is 0 Å². The van der Waals surface area contributed by atoms with Gasteiger partial charge in [-0.2, -0.15) is 0 Å². The Bertz CT molecular complexity index is 158. The van der Waals surface area contributed by atoms with E-state index >= 15 is 0 Å². The molecule has 0 aliphatic carbocycles. The van der Waals surface area contributed by atoms with E-state index in [9.17, 15) is 10.2 Å². The first-order valence-electron chi connectivity index (χ1n) is 3.74. The maximum Gasteiger partial charge on any atom is 0.168 e. The maximum absolute atomic E-state index is 9.34. The van der Waals surface area contributed by atoms with E-state index in [-0.39, 0.29) is 36.9 Å². The summed E-state index contributed by atoms with van der Waals surface area (Å²) in [6.45, 7) is 0. The van der Waals surface area contributed by atoms with Gasteiger partial charge in [0.25, 0.3) is 0 Å². The SMILES string of the molecule is [Cl-].[Cl-].[NH3+][C@@H]1C[C@@H]2[NH2+][C@H]1[C@@H](O)[C@H]2O. The lowest BCUT2D eigenvalue weighted by atomic mass is 9.91. The number of aliphatic hydroxyl groups is 2. The molecule has 2 fully saturated rings. The first-order valence-corrected chi connectivity index (χ1v) is 3.74. The number of hydrogen-bond acceptors (Lipinski definition) is 2. The van der Waals surface area contributed by atoms with Crippen molar-refractivity contribution in [3.8, 4) is 0 Å². The zero-order valence-corrected chi connectivity index (χ0v) is 8.04. The molecule has 0 unspecified atom stereocenters. The van der Waals surface area contributed by atoms with Gasteiger partial charge in [-0.15, -0.1) is 0 Å². The monoisotopic (exact) mass is 216 g/mol. The second-order valence-corrected chi connectivity index (χ2v) is 3.41. The first-order chi connectivity index (χ1) is 4.70. The van der Waals surface area contributed by atoms with Gasteiger partial charge in [0, 0.05) is 0 Å². The summed E-state index contributed by atoms with van der Waals surface area (Å²) >= 11 is 0. The molecule has 2 heterocycles. The second kappa shape index (κ2) is 4.09. The molecule has 0 radical (unpaired) electrons. The van der Waals surface area contributed by atoms with Gasteiger partial charge in [-0.25, -0.2) is 0 Å². The van der Waals surface area contributed by atoms with Gasteiger partial charge in [-0.05, 0) is 0 Å². The summed E-state index contributed by atoms with van der Waals surface area (Å²) in [6.07, 6.45) is -0.104. The molecule has 0 saturated carbocycles. The molecule has 2 bridgehead atoms. The summed E-state index contributed by atoms with van der Waals surface area (Å²) in [5.74, 6) is 0. The van der Waals surface area contributed by atoms with Crippen molar-refractivity contribution in [3.63, 3.8) is 0 Å². The maximum atomic E-state index is 9.34. The van der Waals surface area contributed by atoms with Crippen LogP contribution in [0.3, 0.4) is 0 Å². The van der Waals surface area contributed by atoms with E-state index in [1.165, 1.54) is 0 Å². The third kappa shape index (κ3) is 1.55. The average molecular weight is 217 g/mol. The number of rotatable bonds is 0. The average Bonchev–Trinajstić information content (AvgIpc) is 2.36. The van der Waals surface area contributed by atoms with Gasteiger partial charge < -0.3 is 46.1 Å². The molecule has 0 aromatic heterocycles. The lowest BCUT2D eigenvalue weighted by Gasteiger charge is -2.18. The molecule has 0 amide bonds. The topological polar surface area (TPSA) is 84.7 Å². The van der Waals surface area contributed by atoms with Crippen LogP contribution in [0, 0.1) is 0 Å². The highest BCUT2D eigenvalue weighted by atomic mass is 35.5. The second-order valence-electron chi connectivity index (χ2n) is 3.41. The Morgan fingerprint density at radius 3 is 2.08 bits per heavy atom. The van der Waals surface area contributed by atoms with Crippen LogP contribution in [0.15, 0.2) is 0 Å². The van der Waals surface area contributed by atoms with Gasteiger partial charge in [-0.1, -0.05) is 0 Å². The van der Waals surface area contributed by atoms with Crippen LogP contribution in [-0.2, 0) is 0 Å². The lowest BCUT2D eigenvalue weighted by Crippen LogP contribution is -3.00. The number of halogens is 2. The minimum absolute atomic E-state index is 0. The zero-order valence-electron chi connectivity index (χ0n) is 6.53. The fourth-order valence-electron chi connectivity index (χ4n) is 2.15. The van der Waals surface area contributed by atoms with Gasteiger partial charge >= 0.3 is 0 Å². The summed E-state index contributed by atoms with van der Waals surface area (Å²) in [7, 11) is 0. The van der Waals surface area contributed by atoms with Crippen molar-refractivity contribution >= 4 is 0 Å². The zero-order chi connectivity index (χ0) is 7.30. The van der Waals surface area contributed by atoms with Crippen molar-refractivity contribution in [2.45, 2.75) is 36.8 Å². The van der Waals surface area contributed by atoms with E-state index in [0.29, 0.717) is 6.04 Å². The normalized spacial score (nSPS) is 49.8. The van der Waals surface area contributed by atoms with Gasteiger partial charge in [0.2, 0.25) is 0 Å². The minimum Gasteiger partial charge on any atom is -1.00 e. The Hall–Kier alpha value is 0.420. The summed E-state index contributed by atoms with van der Waals surface area (Å²) in [6, 6.07) is 0.686. The predicted molar refractivity (Wildman–Crippen MR) is 32.8 cm³/mol. The molecule has 2 aliphatic heterocycles. The van der Waals surface area contributed by atoms with Crippen LogP contribution in [0.2, 0.25) is 0 Å². The van der Waals surface area contributed by atoms with Crippen LogP contribution in [0.1, 0.15) is 6.42 Å². The quantitative estimate of drug-likeness (QED) is 0.325. The van der Waals surface area contributed by atoms with E-state index in [0.717, 1.165) is 6.42 Å². The van der Waals surface area contributed by atoms with Gasteiger partial charge in [0.1, 0.15) is 24.3 Å². The highest BCUT2D eigenvalue weighted by molar-refractivity contribution is 4.97. The third-order valence-corrected chi connectivity index (χ3v) is 2.77. The first kappa shape index (κ1) is 12.4. The summed E-state index contributed by atoms with van der Waals surface area (Å²) < 4.78 is 0. The number of hydrogen-bond donors (Lipinski definition) is 4. The Labute approximate surface area is 83.3 Å². The van der Waals surface area contributed by atoms with Crippen molar-refractivity contribution < 1.29 is 46.1 Å². The van der Waals surface area contributed by atoms with Crippen molar-refractivity contribution in [2.75, 3.05) is 0 Å². The summed E-state index contributed by atoms with van der Waals surface area (Å²) in [5.41, 5.74) is 3.90. The molecule has 5 atom stereocenters. The molecule has 74 valence electrons. The Kier molecular flexibility index (Phi) is 4.23. The van der Waals surface area contributed by atoms with E-state index in [4.69, 9.17) is 0 Å². The van der Waals surface area contributed by atoms with E-state index in [1.54, 1.807) is 0 Å². The molecule has 12 heavy (non-hydrogen) atoms. The number of quaternary nitrogens is 2. The van der Waals surface area contributed by atoms with Crippen molar-refractivity contribution in [3.05, 3.63) is 0 Å². The summed E-state index contributed by atoms with van der Waals surface area (Å²) in [4.78, 5) is 0. The standard InChI is InChI=1S/C6H12N2O2.2ClH/c7-2-1-3-5(9)6(10)4(2)8-3;;/h2-6,8-10H,1,7H2;2*1H/t2-,3+,4-,5+,6-;;/m1../s1. The molecular formula is C6H14Cl2N2O2. The largest absolute Gasteiger partial charge is 1.00 e. The van der Waals surface area contributed by atoms with Gasteiger partial charge in [-0.3, -0.25) is 0 Å². The van der Waals surface area contributed by atoms with Crippen molar-refractivity contribution in [2.24, 2.45) is 0 Å². The van der Waals surface area contributed by atoms with E-state index in [2.05, 4.69) is 5.73 Å². The molecule has 2 rings (SSSR count). The fourth-order valence-corrected chi connectivity index (χ4v) is 2.15. The number of fused-ring (bicyclic) bond motifs is 2. The van der Waals surface area contributed by atoms with Gasteiger partial charge in [0.15, 0.2) is 6.04 Å². The molecular weight excluding hydrogens is 203 g/mol. The Balaban J connectivity index is 0.000000605. The molecule has 6 heteroatoms. The van der Waals surface area contributed by atoms with Crippen LogP contribution in [-0.4, -0.2) is 40.5 Å². The molecule has 4 nitrogen and oxygen atoms in total. The molecule has 0 aromatic carbocycles. The highest BCUT2D eigenvalue weighted by Crippen LogP contribution is 2.20. The minimum atomic E-state index is -0.541. The number of nitrogens with two attached hydrogens (primary N) is 1. The fraction of sp³-hybridized carbons (Fsp3) is 1.00. The molecule has 0 aromatic rings. The smallest absolute Gasteiger partial charge is 0.168 e. The third-order valence-electron chi connectivity index (χ3n) is 2.77. The van der Waals surface area contributed by atoms with E-state index in [1.807, 2.05) is 5.32 Å². The van der Waals surface area contributed by atoms with Gasteiger partial charge in [0.05, 0.1) is 6.42 Å². The van der Waals surface area contributed by atoms with Crippen molar-refractivity contribution in [1.29, 1.82) is 0 Å². The van der Waals surface area contributed by atoms with Crippen LogP contribution < -0.4 is 35.9 Å². The number of aliphatic hydroxyl groups excluding tert-OH is 2. The molecule has 0 spiro atoms.